The standard InChI is InChI=1S/C17H16N4O3S/c1-11-7-8-13(24-11)10-18-21-17-20-16(23)14(25-17)9-15(22)19-12-5-3-2-4-6-12/h2-8,10,14H,9H2,1H3,(H,19,22)(H,20,21,23). The van der Waals surface area contributed by atoms with Gasteiger partial charge in [0.15, 0.2) is 5.17 Å². The van der Waals surface area contributed by atoms with Crippen molar-refractivity contribution in [3.05, 3.63) is 54.0 Å². The molecule has 0 radical (unpaired) electrons. The Morgan fingerprint density at radius 3 is 2.84 bits per heavy atom. The molecule has 3 rings (SSSR count). The van der Waals surface area contributed by atoms with E-state index in [1.165, 1.54) is 18.0 Å². The highest BCUT2D eigenvalue weighted by molar-refractivity contribution is 8.15. The van der Waals surface area contributed by atoms with Crippen LogP contribution in [0.25, 0.3) is 0 Å². The molecular weight excluding hydrogens is 340 g/mol. The smallest absolute Gasteiger partial charge is 0.240 e. The van der Waals surface area contributed by atoms with Crippen LogP contribution in [-0.2, 0) is 9.59 Å². The molecule has 8 heteroatoms. The van der Waals surface area contributed by atoms with Gasteiger partial charge in [0, 0.05) is 12.1 Å². The minimum absolute atomic E-state index is 0.0610. The number of hydrogen-bond donors (Lipinski definition) is 2. The average Bonchev–Trinajstić information content (AvgIpc) is 3.14. The molecule has 25 heavy (non-hydrogen) atoms. The van der Waals surface area contributed by atoms with Crippen molar-refractivity contribution < 1.29 is 14.0 Å². The van der Waals surface area contributed by atoms with E-state index in [1.54, 1.807) is 18.2 Å². The summed E-state index contributed by atoms with van der Waals surface area (Å²) in [7, 11) is 0. The third kappa shape index (κ3) is 4.80. The first kappa shape index (κ1) is 17.0. The zero-order valence-corrected chi connectivity index (χ0v) is 14.2. The Hall–Kier alpha value is -2.87. The van der Waals surface area contributed by atoms with Crippen LogP contribution >= 0.6 is 11.8 Å². The van der Waals surface area contributed by atoms with Gasteiger partial charge < -0.3 is 15.1 Å². The van der Waals surface area contributed by atoms with Gasteiger partial charge in [0.25, 0.3) is 0 Å². The van der Waals surface area contributed by atoms with Gasteiger partial charge in [0.2, 0.25) is 11.8 Å². The highest BCUT2D eigenvalue weighted by Crippen LogP contribution is 2.23. The molecule has 7 nitrogen and oxygen atoms in total. The molecule has 1 aliphatic heterocycles. The van der Waals surface area contributed by atoms with Gasteiger partial charge in [-0.3, -0.25) is 9.59 Å². The van der Waals surface area contributed by atoms with Crippen LogP contribution in [-0.4, -0.2) is 28.4 Å². The lowest BCUT2D eigenvalue weighted by Gasteiger charge is -2.06. The van der Waals surface area contributed by atoms with E-state index in [9.17, 15) is 9.59 Å². The monoisotopic (exact) mass is 356 g/mol. The van der Waals surface area contributed by atoms with E-state index in [2.05, 4.69) is 20.8 Å². The summed E-state index contributed by atoms with van der Waals surface area (Å²) in [6.07, 6.45) is 1.52. The molecule has 2 N–H and O–H groups in total. The molecule has 1 aromatic heterocycles. The summed E-state index contributed by atoms with van der Waals surface area (Å²) in [6.45, 7) is 1.83. The summed E-state index contributed by atoms with van der Waals surface area (Å²) in [6, 6.07) is 12.7. The van der Waals surface area contributed by atoms with Gasteiger partial charge in [-0.25, -0.2) is 0 Å². The molecule has 0 bridgehead atoms. The molecule has 1 fully saturated rings. The number of aryl methyl sites for hydroxylation is 1. The Morgan fingerprint density at radius 1 is 1.32 bits per heavy atom. The predicted molar refractivity (Wildman–Crippen MR) is 97.7 cm³/mol. The van der Waals surface area contributed by atoms with E-state index in [4.69, 9.17) is 4.42 Å². The Labute approximate surface area is 148 Å². The molecule has 2 amide bonds. The zero-order chi connectivity index (χ0) is 17.6. The summed E-state index contributed by atoms with van der Waals surface area (Å²) in [4.78, 5) is 24.0. The summed E-state index contributed by atoms with van der Waals surface area (Å²) in [5.41, 5.74) is 0.697. The van der Waals surface area contributed by atoms with Gasteiger partial charge >= 0.3 is 0 Å². The maximum absolute atomic E-state index is 12.0. The van der Waals surface area contributed by atoms with Crippen LogP contribution in [0.2, 0.25) is 0 Å². The lowest BCUT2D eigenvalue weighted by Crippen LogP contribution is -2.28. The fourth-order valence-corrected chi connectivity index (χ4v) is 3.07. The maximum atomic E-state index is 12.0. The minimum atomic E-state index is -0.525. The number of nitrogens with zero attached hydrogens (tertiary/aromatic N) is 2. The number of thioether (sulfide) groups is 1. The lowest BCUT2D eigenvalue weighted by molar-refractivity contribution is -0.122. The van der Waals surface area contributed by atoms with Crippen molar-refractivity contribution >= 4 is 40.6 Å². The van der Waals surface area contributed by atoms with Gasteiger partial charge in [-0.1, -0.05) is 30.0 Å². The van der Waals surface area contributed by atoms with Crippen LogP contribution < -0.4 is 10.6 Å². The summed E-state index contributed by atoms with van der Waals surface area (Å²) < 4.78 is 5.33. The van der Waals surface area contributed by atoms with Gasteiger partial charge in [-0.2, -0.15) is 5.10 Å². The van der Waals surface area contributed by atoms with Crippen LogP contribution in [0.15, 0.2) is 57.1 Å². The molecule has 1 atom stereocenters. The first-order valence-corrected chi connectivity index (χ1v) is 8.48. The number of rotatable bonds is 5. The van der Waals surface area contributed by atoms with Gasteiger partial charge in [0.1, 0.15) is 16.8 Å². The zero-order valence-electron chi connectivity index (χ0n) is 13.4. The van der Waals surface area contributed by atoms with Crippen molar-refractivity contribution in [2.45, 2.75) is 18.6 Å². The van der Waals surface area contributed by atoms with Crippen LogP contribution in [0.3, 0.4) is 0 Å². The molecule has 0 saturated carbocycles. The van der Waals surface area contributed by atoms with E-state index in [1.807, 2.05) is 31.2 Å². The van der Waals surface area contributed by atoms with E-state index in [-0.39, 0.29) is 18.2 Å². The van der Waals surface area contributed by atoms with Gasteiger partial charge in [0.05, 0.1) is 6.21 Å². The molecule has 2 heterocycles. The normalized spacial score (nSPS) is 18.7. The highest BCUT2D eigenvalue weighted by Gasteiger charge is 2.32. The first-order valence-electron chi connectivity index (χ1n) is 7.60. The number of benzene rings is 1. The first-order chi connectivity index (χ1) is 12.1. The van der Waals surface area contributed by atoms with Gasteiger partial charge in [-0.05, 0) is 31.2 Å². The third-order valence-corrected chi connectivity index (χ3v) is 4.37. The molecule has 128 valence electrons. The number of carbonyl (C=O) groups excluding carboxylic acids is 2. The van der Waals surface area contributed by atoms with Crippen molar-refractivity contribution in [2.75, 3.05) is 5.32 Å². The quantitative estimate of drug-likeness (QED) is 0.636. The number of amides is 2. The van der Waals surface area contributed by atoms with Crippen molar-refractivity contribution in [2.24, 2.45) is 10.2 Å². The Kier molecular flexibility index (Phi) is 5.30. The Morgan fingerprint density at radius 2 is 2.12 bits per heavy atom. The largest absolute Gasteiger partial charge is 0.460 e. The number of furan rings is 1. The predicted octanol–water partition coefficient (Wildman–Crippen LogP) is 2.54. The fraction of sp³-hybridized carbons (Fsp3) is 0.176. The molecule has 1 saturated heterocycles. The maximum Gasteiger partial charge on any atom is 0.240 e. The van der Waals surface area contributed by atoms with Crippen LogP contribution in [0.4, 0.5) is 5.69 Å². The minimum Gasteiger partial charge on any atom is -0.460 e. The number of carbonyl (C=O) groups is 2. The molecular formula is C17H16N4O3S. The number of amidine groups is 1. The van der Waals surface area contributed by atoms with Crippen molar-refractivity contribution in [1.82, 2.24) is 5.32 Å². The summed E-state index contributed by atoms with van der Waals surface area (Å²) >= 11 is 1.18. The highest BCUT2D eigenvalue weighted by atomic mass is 32.2. The fourth-order valence-electron chi connectivity index (χ4n) is 2.15. The van der Waals surface area contributed by atoms with Gasteiger partial charge in [-0.15, -0.1) is 5.10 Å². The molecule has 1 aromatic carbocycles. The van der Waals surface area contributed by atoms with E-state index in [0.29, 0.717) is 16.6 Å². The summed E-state index contributed by atoms with van der Waals surface area (Å²) in [5.74, 6) is 0.878. The molecule has 2 aromatic rings. The van der Waals surface area contributed by atoms with Crippen LogP contribution in [0, 0.1) is 6.92 Å². The molecule has 1 unspecified atom stereocenters. The second-order valence-electron chi connectivity index (χ2n) is 5.31. The van der Waals surface area contributed by atoms with Crippen LogP contribution in [0.1, 0.15) is 17.9 Å². The third-order valence-electron chi connectivity index (χ3n) is 3.30. The van der Waals surface area contributed by atoms with Crippen molar-refractivity contribution in [1.29, 1.82) is 0 Å². The SMILES string of the molecule is Cc1ccc(C=N/N=C2\NC(=O)C(CC(=O)Nc3ccccc3)S2)o1. The number of hydrogen-bond acceptors (Lipinski definition) is 6. The summed E-state index contributed by atoms with van der Waals surface area (Å²) in [5, 5.41) is 13.0. The van der Waals surface area contributed by atoms with E-state index < -0.39 is 5.25 Å². The van der Waals surface area contributed by atoms with Crippen molar-refractivity contribution in [3.63, 3.8) is 0 Å². The molecule has 0 aliphatic carbocycles. The second-order valence-corrected chi connectivity index (χ2v) is 6.50. The Bertz CT molecular complexity index is 829. The second kappa shape index (κ2) is 7.80. The Balaban J connectivity index is 1.54. The number of nitrogens with one attached hydrogen (secondary N) is 2. The number of para-hydroxylation sites is 1. The van der Waals surface area contributed by atoms with E-state index >= 15 is 0 Å². The molecule has 1 aliphatic rings. The number of anilines is 1. The van der Waals surface area contributed by atoms with E-state index in [0.717, 1.165) is 5.76 Å². The molecule has 0 spiro atoms. The van der Waals surface area contributed by atoms with Crippen molar-refractivity contribution in [3.8, 4) is 0 Å². The lowest BCUT2D eigenvalue weighted by atomic mass is 10.2. The topological polar surface area (TPSA) is 96.1 Å². The van der Waals surface area contributed by atoms with Crippen LogP contribution in [0.5, 0.6) is 0 Å². The average molecular weight is 356 g/mol.